The van der Waals surface area contributed by atoms with Gasteiger partial charge in [-0.3, -0.25) is 14.5 Å². The predicted molar refractivity (Wildman–Crippen MR) is 61.7 cm³/mol. The molecule has 0 aromatic carbocycles. The lowest BCUT2D eigenvalue weighted by molar-refractivity contribution is -0.150. The topological polar surface area (TPSA) is 78.9 Å². The van der Waals surface area contributed by atoms with E-state index in [-0.39, 0.29) is 19.1 Å². The molecule has 1 fully saturated rings. The van der Waals surface area contributed by atoms with Crippen LogP contribution >= 0.6 is 0 Å². The summed E-state index contributed by atoms with van der Waals surface area (Å²) in [5, 5.41) is 11.8. The van der Waals surface area contributed by atoms with E-state index in [9.17, 15) is 9.59 Å². The Hall–Kier alpha value is -1.14. The van der Waals surface area contributed by atoms with Crippen LogP contribution in [0, 0.1) is 5.92 Å². The predicted octanol–water partition coefficient (Wildman–Crippen LogP) is -0.456. The van der Waals surface area contributed by atoms with Crippen molar-refractivity contribution in [1.29, 1.82) is 0 Å². The summed E-state index contributed by atoms with van der Waals surface area (Å²) in [5.41, 5.74) is 0. The van der Waals surface area contributed by atoms with E-state index in [2.05, 4.69) is 5.32 Å². The van der Waals surface area contributed by atoms with Crippen LogP contribution in [0.15, 0.2) is 0 Å². The fourth-order valence-electron chi connectivity index (χ4n) is 1.61. The van der Waals surface area contributed by atoms with Crippen molar-refractivity contribution in [3.05, 3.63) is 0 Å². The number of nitrogens with zero attached hydrogens (tertiary/aromatic N) is 1. The van der Waals surface area contributed by atoms with Crippen molar-refractivity contribution in [1.82, 2.24) is 10.2 Å². The summed E-state index contributed by atoms with van der Waals surface area (Å²) < 4.78 is 5.10. The molecule has 1 amide bonds. The first-order chi connectivity index (χ1) is 8.00. The van der Waals surface area contributed by atoms with Gasteiger partial charge in [0.2, 0.25) is 5.91 Å². The zero-order valence-electron chi connectivity index (χ0n) is 10.3. The molecule has 2 N–H and O–H groups in total. The molecular weight excluding hydrogens is 224 g/mol. The molecule has 0 spiro atoms. The number of carbonyl (C=O) groups excluding carboxylic acids is 1. The lowest BCUT2D eigenvalue weighted by Gasteiger charge is -2.32. The zero-order chi connectivity index (χ0) is 12.8. The molecule has 0 bridgehead atoms. The highest BCUT2D eigenvalue weighted by Crippen LogP contribution is 2.06. The minimum Gasteiger partial charge on any atom is -0.480 e. The molecule has 0 aromatic heterocycles. The Morgan fingerprint density at radius 1 is 1.53 bits per heavy atom. The van der Waals surface area contributed by atoms with Gasteiger partial charge in [-0.2, -0.15) is 0 Å². The Morgan fingerprint density at radius 2 is 2.24 bits per heavy atom. The molecule has 1 rings (SSSR count). The largest absolute Gasteiger partial charge is 0.480 e. The SMILES string of the molecule is CC(C)CNC(=O)CN1CCOCC1C(=O)O. The van der Waals surface area contributed by atoms with Crippen molar-refractivity contribution in [3.8, 4) is 0 Å². The molecule has 0 aromatic rings. The molecule has 0 radical (unpaired) electrons. The molecule has 6 heteroatoms. The lowest BCUT2D eigenvalue weighted by Crippen LogP contribution is -2.53. The third-order valence-electron chi connectivity index (χ3n) is 2.58. The molecular formula is C11H20N2O4. The molecule has 1 unspecified atom stereocenters. The Morgan fingerprint density at radius 3 is 2.82 bits per heavy atom. The maximum absolute atomic E-state index is 11.6. The second-order valence-electron chi connectivity index (χ2n) is 4.60. The summed E-state index contributed by atoms with van der Waals surface area (Å²) in [6, 6.07) is -0.714. The summed E-state index contributed by atoms with van der Waals surface area (Å²) >= 11 is 0. The fourth-order valence-corrected chi connectivity index (χ4v) is 1.61. The van der Waals surface area contributed by atoms with E-state index in [1.54, 1.807) is 4.90 Å². The minimum atomic E-state index is -0.943. The molecule has 0 aliphatic carbocycles. The number of amides is 1. The molecule has 98 valence electrons. The van der Waals surface area contributed by atoms with Crippen LogP contribution in [-0.4, -0.2) is 60.8 Å². The first-order valence-electron chi connectivity index (χ1n) is 5.82. The van der Waals surface area contributed by atoms with Gasteiger partial charge in [0.05, 0.1) is 19.8 Å². The van der Waals surface area contributed by atoms with Gasteiger partial charge in [0.1, 0.15) is 6.04 Å². The number of nitrogens with one attached hydrogen (secondary N) is 1. The highest BCUT2D eigenvalue weighted by Gasteiger charge is 2.30. The van der Waals surface area contributed by atoms with E-state index >= 15 is 0 Å². The number of carbonyl (C=O) groups is 2. The molecule has 6 nitrogen and oxygen atoms in total. The lowest BCUT2D eigenvalue weighted by atomic mass is 10.2. The second kappa shape index (κ2) is 6.56. The van der Waals surface area contributed by atoms with Gasteiger partial charge in [-0.25, -0.2) is 0 Å². The Balaban J connectivity index is 2.42. The van der Waals surface area contributed by atoms with Gasteiger partial charge < -0.3 is 15.2 Å². The number of morpholine rings is 1. The maximum Gasteiger partial charge on any atom is 0.323 e. The van der Waals surface area contributed by atoms with Gasteiger partial charge in [0, 0.05) is 13.1 Å². The van der Waals surface area contributed by atoms with Gasteiger partial charge in [-0.1, -0.05) is 13.8 Å². The smallest absolute Gasteiger partial charge is 0.323 e. The molecule has 17 heavy (non-hydrogen) atoms. The van der Waals surface area contributed by atoms with Crippen molar-refractivity contribution in [2.75, 3.05) is 32.8 Å². The number of aliphatic carboxylic acids is 1. The van der Waals surface area contributed by atoms with Crippen LogP contribution < -0.4 is 5.32 Å². The van der Waals surface area contributed by atoms with Crippen LogP contribution in [0.5, 0.6) is 0 Å². The first-order valence-corrected chi connectivity index (χ1v) is 5.82. The molecule has 0 saturated carbocycles. The number of ether oxygens (including phenoxy) is 1. The molecule has 1 aliphatic rings. The fraction of sp³-hybridized carbons (Fsp3) is 0.818. The quantitative estimate of drug-likeness (QED) is 0.684. The third-order valence-corrected chi connectivity index (χ3v) is 2.58. The maximum atomic E-state index is 11.6. The number of hydrogen-bond acceptors (Lipinski definition) is 4. The summed E-state index contributed by atoms with van der Waals surface area (Å²) in [4.78, 5) is 24.2. The third kappa shape index (κ3) is 4.70. The van der Waals surface area contributed by atoms with Crippen molar-refractivity contribution in [2.24, 2.45) is 5.92 Å². The van der Waals surface area contributed by atoms with E-state index in [4.69, 9.17) is 9.84 Å². The molecule has 1 saturated heterocycles. The average molecular weight is 244 g/mol. The summed E-state index contributed by atoms with van der Waals surface area (Å²) in [5.74, 6) is -0.688. The first kappa shape index (κ1) is 13.9. The normalized spacial score (nSPS) is 21.5. The molecule has 1 atom stereocenters. The Labute approximate surface area is 101 Å². The van der Waals surface area contributed by atoms with Gasteiger partial charge in [0.15, 0.2) is 0 Å². The van der Waals surface area contributed by atoms with Crippen molar-refractivity contribution in [2.45, 2.75) is 19.9 Å². The van der Waals surface area contributed by atoms with Crippen molar-refractivity contribution < 1.29 is 19.4 Å². The van der Waals surface area contributed by atoms with Crippen molar-refractivity contribution in [3.63, 3.8) is 0 Å². The van der Waals surface area contributed by atoms with Gasteiger partial charge in [-0.15, -0.1) is 0 Å². The van der Waals surface area contributed by atoms with Crippen LogP contribution in [0.1, 0.15) is 13.8 Å². The van der Waals surface area contributed by atoms with Crippen LogP contribution in [0.4, 0.5) is 0 Å². The Bertz CT molecular complexity index is 281. The van der Waals surface area contributed by atoms with Crippen LogP contribution in [-0.2, 0) is 14.3 Å². The standard InChI is InChI=1S/C11H20N2O4/c1-8(2)5-12-10(14)6-13-3-4-17-7-9(13)11(15)16/h8-9H,3-7H2,1-2H3,(H,12,14)(H,15,16). The minimum absolute atomic E-state index is 0.118. The number of carboxylic acid groups (broad SMARTS) is 1. The molecule has 1 heterocycles. The Kier molecular flexibility index (Phi) is 5.37. The van der Waals surface area contributed by atoms with Gasteiger partial charge in [0.25, 0.3) is 0 Å². The second-order valence-corrected chi connectivity index (χ2v) is 4.60. The van der Waals surface area contributed by atoms with Crippen LogP contribution in [0.2, 0.25) is 0 Å². The molecule has 1 aliphatic heterocycles. The highest BCUT2D eigenvalue weighted by atomic mass is 16.5. The summed E-state index contributed by atoms with van der Waals surface area (Å²) in [7, 11) is 0. The number of rotatable bonds is 5. The van der Waals surface area contributed by atoms with E-state index in [0.29, 0.717) is 25.6 Å². The number of hydrogen-bond donors (Lipinski definition) is 2. The van der Waals surface area contributed by atoms with E-state index in [1.165, 1.54) is 0 Å². The number of carboxylic acids is 1. The summed E-state index contributed by atoms with van der Waals surface area (Å²) in [6.07, 6.45) is 0. The summed E-state index contributed by atoms with van der Waals surface area (Å²) in [6.45, 7) is 5.85. The monoisotopic (exact) mass is 244 g/mol. The zero-order valence-corrected chi connectivity index (χ0v) is 10.3. The van der Waals surface area contributed by atoms with Gasteiger partial charge >= 0.3 is 5.97 Å². The van der Waals surface area contributed by atoms with E-state index < -0.39 is 12.0 Å². The van der Waals surface area contributed by atoms with Gasteiger partial charge in [-0.05, 0) is 5.92 Å². The van der Waals surface area contributed by atoms with E-state index in [0.717, 1.165) is 0 Å². The van der Waals surface area contributed by atoms with E-state index in [1.807, 2.05) is 13.8 Å². The van der Waals surface area contributed by atoms with Crippen LogP contribution in [0.3, 0.4) is 0 Å². The highest BCUT2D eigenvalue weighted by molar-refractivity contribution is 5.80. The van der Waals surface area contributed by atoms with Crippen LogP contribution in [0.25, 0.3) is 0 Å². The average Bonchev–Trinajstić information content (AvgIpc) is 2.27. The van der Waals surface area contributed by atoms with Crippen molar-refractivity contribution >= 4 is 11.9 Å².